The van der Waals surface area contributed by atoms with Crippen molar-refractivity contribution in [2.75, 3.05) is 13.2 Å². The SMILES string of the molecule is CC(N)CC(C)[C@](O)(c1ccc(F)cc1)c1ccc(C2OCCO2)o1. The van der Waals surface area contributed by atoms with Crippen molar-refractivity contribution in [2.24, 2.45) is 11.7 Å². The quantitative estimate of drug-likeness (QED) is 0.838. The lowest BCUT2D eigenvalue weighted by Crippen LogP contribution is -2.37. The zero-order valence-corrected chi connectivity index (χ0v) is 14.4. The highest BCUT2D eigenvalue weighted by molar-refractivity contribution is 5.33. The molecule has 3 N–H and O–H groups in total. The summed E-state index contributed by atoms with van der Waals surface area (Å²) in [6, 6.07) is 9.13. The summed E-state index contributed by atoms with van der Waals surface area (Å²) in [5.74, 6) is 0.253. The minimum Gasteiger partial charge on any atom is -0.457 e. The average Bonchev–Trinajstić information content (AvgIpc) is 3.25. The fraction of sp³-hybridized carbons (Fsp3) is 0.474. The van der Waals surface area contributed by atoms with Crippen LogP contribution in [0.3, 0.4) is 0 Å². The predicted octanol–water partition coefficient (Wildman–Crippen LogP) is 3.07. The topological polar surface area (TPSA) is 77.9 Å². The Hall–Kier alpha value is -1.73. The van der Waals surface area contributed by atoms with Gasteiger partial charge in [0.15, 0.2) is 5.76 Å². The molecular formula is C19H24FNO4. The van der Waals surface area contributed by atoms with Crippen LogP contribution in [0, 0.1) is 11.7 Å². The van der Waals surface area contributed by atoms with Gasteiger partial charge in [0, 0.05) is 6.04 Å². The molecule has 136 valence electrons. The van der Waals surface area contributed by atoms with E-state index in [0.717, 1.165) is 0 Å². The molecule has 1 saturated heterocycles. The van der Waals surface area contributed by atoms with E-state index in [2.05, 4.69) is 0 Å². The van der Waals surface area contributed by atoms with Crippen molar-refractivity contribution in [3.8, 4) is 0 Å². The van der Waals surface area contributed by atoms with Crippen LogP contribution in [0.15, 0.2) is 40.8 Å². The van der Waals surface area contributed by atoms with Gasteiger partial charge < -0.3 is 24.7 Å². The number of ether oxygens (including phenoxy) is 2. The molecule has 0 amide bonds. The van der Waals surface area contributed by atoms with Gasteiger partial charge in [0.05, 0.1) is 13.2 Å². The number of benzene rings is 1. The van der Waals surface area contributed by atoms with E-state index in [-0.39, 0.29) is 17.8 Å². The van der Waals surface area contributed by atoms with Gasteiger partial charge in [0.25, 0.3) is 0 Å². The lowest BCUT2D eigenvalue weighted by atomic mass is 9.77. The summed E-state index contributed by atoms with van der Waals surface area (Å²) in [6.07, 6.45) is 0.00955. The zero-order valence-electron chi connectivity index (χ0n) is 14.4. The molecule has 2 aromatic rings. The third-order valence-corrected chi connectivity index (χ3v) is 4.58. The largest absolute Gasteiger partial charge is 0.457 e. The molecule has 3 atom stereocenters. The molecule has 0 radical (unpaired) electrons. The first kappa shape index (κ1) is 18.1. The first-order chi connectivity index (χ1) is 11.9. The Morgan fingerprint density at radius 3 is 2.40 bits per heavy atom. The van der Waals surface area contributed by atoms with Crippen LogP contribution in [0.2, 0.25) is 0 Å². The van der Waals surface area contributed by atoms with E-state index >= 15 is 0 Å². The van der Waals surface area contributed by atoms with Crippen LogP contribution < -0.4 is 5.73 Å². The Morgan fingerprint density at radius 1 is 1.16 bits per heavy atom. The number of nitrogens with two attached hydrogens (primary N) is 1. The van der Waals surface area contributed by atoms with Crippen LogP contribution in [0.1, 0.15) is 43.6 Å². The highest BCUT2D eigenvalue weighted by atomic mass is 19.1. The number of aliphatic hydroxyl groups is 1. The van der Waals surface area contributed by atoms with Gasteiger partial charge in [-0.05, 0) is 49.1 Å². The third-order valence-electron chi connectivity index (χ3n) is 4.58. The van der Waals surface area contributed by atoms with Crippen LogP contribution in [-0.4, -0.2) is 24.4 Å². The second-order valence-corrected chi connectivity index (χ2v) is 6.66. The Labute approximate surface area is 146 Å². The molecule has 6 heteroatoms. The molecule has 1 fully saturated rings. The van der Waals surface area contributed by atoms with E-state index in [9.17, 15) is 9.50 Å². The minimum atomic E-state index is -1.43. The molecule has 25 heavy (non-hydrogen) atoms. The van der Waals surface area contributed by atoms with E-state index in [1.807, 2.05) is 13.8 Å². The van der Waals surface area contributed by atoms with Crippen molar-refractivity contribution in [2.45, 2.75) is 38.2 Å². The van der Waals surface area contributed by atoms with Gasteiger partial charge >= 0.3 is 0 Å². The second kappa shape index (κ2) is 7.25. The minimum absolute atomic E-state index is 0.0992. The van der Waals surface area contributed by atoms with Crippen molar-refractivity contribution in [3.63, 3.8) is 0 Å². The molecule has 1 aliphatic heterocycles. The normalized spacial score (nSPS) is 20.4. The Kier molecular flexibility index (Phi) is 5.24. The van der Waals surface area contributed by atoms with Gasteiger partial charge in [-0.1, -0.05) is 19.1 Å². The summed E-state index contributed by atoms with van der Waals surface area (Å²) in [5.41, 5.74) is 5.05. The highest BCUT2D eigenvalue weighted by Gasteiger charge is 2.41. The van der Waals surface area contributed by atoms with Crippen LogP contribution in [0.4, 0.5) is 4.39 Å². The first-order valence-electron chi connectivity index (χ1n) is 8.48. The Bertz CT molecular complexity index is 694. The smallest absolute Gasteiger partial charge is 0.217 e. The van der Waals surface area contributed by atoms with Gasteiger partial charge in [0.2, 0.25) is 6.29 Å². The lowest BCUT2D eigenvalue weighted by molar-refractivity contribution is -0.0645. The monoisotopic (exact) mass is 349 g/mol. The van der Waals surface area contributed by atoms with Crippen molar-refractivity contribution < 1.29 is 23.4 Å². The number of hydrogen-bond donors (Lipinski definition) is 2. The first-order valence-corrected chi connectivity index (χ1v) is 8.48. The summed E-state index contributed by atoms with van der Waals surface area (Å²) in [7, 11) is 0. The standard InChI is InChI=1S/C19H24FNO4/c1-12(11-13(2)21)19(22,14-3-5-15(20)6-4-14)17-8-7-16(25-17)18-23-9-10-24-18/h3-8,12-13,18,22H,9-11,21H2,1-2H3/t12?,13?,19-/m0/s1. The summed E-state index contributed by atoms with van der Waals surface area (Å²) in [4.78, 5) is 0. The maximum Gasteiger partial charge on any atom is 0.217 e. The van der Waals surface area contributed by atoms with Gasteiger partial charge in [0.1, 0.15) is 17.2 Å². The molecule has 1 aromatic carbocycles. The molecule has 3 rings (SSSR count). The molecule has 2 unspecified atom stereocenters. The van der Waals surface area contributed by atoms with Gasteiger partial charge in [-0.25, -0.2) is 4.39 Å². The molecule has 1 aliphatic rings. The molecule has 1 aromatic heterocycles. The number of furan rings is 1. The summed E-state index contributed by atoms with van der Waals surface area (Å²) < 4.78 is 30.1. The number of rotatable bonds is 6. The van der Waals surface area contributed by atoms with E-state index in [0.29, 0.717) is 36.7 Å². The van der Waals surface area contributed by atoms with Gasteiger partial charge in [-0.2, -0.15) is 0 Å². The molecule has 2 heterocycles. The van der Waals surface area contributed by atoms with Crippen molar-refractivity contribution >= 4 is 0 Å². The van der Waals surface area contributed by atoms with E-state index < -0.39 is 11.9 Å². The van der Waals surface area contributed by atoms with E-state index in [1.165, 1.54) is 12.1 Å². The van der Waals surface area contributed by atoms with Crippen LogP contribution in [-0.2, 0) is 15.1 Å². The molecule has 5 nitrogen and oxygen atoms in total. The molecule has 0 spiro atoms. The average molecular weight is 349 g/mol. The van der Waals surface area contributed by atoms with Crippen LogP contribution in [0.5, 0.6) is 0 Å². The van der Waals surface area contributed by atoms with Gasteiger partial charge in [-0.15, -0.1) is 0 Å². The van der Waals surface area contributed by atoms with Crippen LogP contribution in [0.25, 0.3) is 0 Å². The van der Waals surface area contributed by atoms with Crippen LogP contribution >= 0.6 is 0 Å². The van der Waals surface area contributed by atoms with Crippen molar-refractivity contribution in [3.05, 3.63) is 59.3 Å². The van der Waals surface area contributed by atoms with Crippen molar-refractivity contribution in [1.82, 2.24) is 0 Å². The van der Waals surface area contributed by atoms with Gasteiger partial charge in [-0.3, -0.25) is 0 Å². The van der Waals surface area contributed by atoms with E-state index in [1.54, 1.807) is 24.3 Å². The second-order valence-electron chi connectivity index (χ2n) is 6.66. The maximum absolute atomic E-state index is 13.3. The molecular weight excluding hydrogens is 325 g/mol. The molecule has 0 bridgehead atoms. The summed E-state index contributed by atoms with van der Waals surface area (Å²) in [5, 5.41) is 11.6. The summed E-state index contributed by atoms with van der Waals surface area (Å²) in [6.45, 7) is 4.79. The highest BCUT2D eigenvalue weighted by Crippen LogP contribution is 2.41. The Balaban J connectivity index is 1.99. The fourth-order valence-electron chi connectivity index (χ4n) is 3.31. The fourth-order valence-corrected chi connectivity index (χ4v) is 3.31. The number of hydrogen-bond acceptors (Lipinski definition) is 5. The predicted molar refractivity (Wildman–Crippen MR) is 90.2 cm³/mol. The lowest BCUT2D eigenvalue weighted by Gasteiger charge is -2.34. The molecule has 0 saturated carbocycles. The zero-order chi connectivity index (χ0) is 18.0. The number of halogens is 1. The summed E-state index contributed by atoms with van der Waals surface area (Å²) >= 11 is 0. The maximum atomic E-state index is 13.3. The third kappa shape index (κ3) is 3.62. The Morgan fingerprint density at radius 2 is 1.80 bits per heavy atom. The van der Waals surface area contributed by atoms with Crippen molar-refractivity contribution in [1.29, 1.82) is 0 Å². The van der Waals surface area contributed by atoms with E-state index in [4.69, 9.17) is 19.6 Å². The molecule has 0 aliphatic carbocycles.